The number of carbonyl (C=O) groups excluding carboxylic acids is 1. The average Bonchev–Trinajstić information content (AvgIpc) is 2.52. The Balaban J connectivity index is 3.40. The molecule has 0 amide bonds. The number of benzene rings is 1. The van der Waals surface area contributed by atoms with E-state index in [1.807, 2.05) is 33.8 Å². The van der Waals surface area contributed by atoms with Gasteiger partial charge in [0, 0.05) is 11.0 Å². The van der Waals surface area contributed by atoms with Gasteiger partial charge < -0.3 is 0 Å². The first-order valence-electron chi connectivity index (χ1n) is 9.29. The highest BCUT2D eigenvalue weighted by Gasteiger charge is 2.27. The summed E-state index contributed by atoms with van der Waals surface area (Å²) in [4.78, 5) is 13.0. The summed E-state index contributed by atoms with van der Waals surface area (Å²) in [5.74, 6) is 0.340. The molecule has 0 aromatic heterocycles. The molecule has 0 N–H and O–H groups in total. The van der Waals surface area contributed by atoms with Gasteiger partial charge in [-0.2, -0.15) is 0 Å². The molecule has 134 valence electrons. The molecule has 2 heteroatoms. The summed E-state index contributed by atoms with van der Waals surface area (Å²) in [7, 11) is 0. The second-order valence-electron chi connectivity index (χ2n) is 7.66. The molecule has 0 unspecified atom stereocenters. The molecule has 0 aliphatic rings. The summed E-state index contributed by atoms with van der Waals surface area (Å²) >= 11 is 0. The topological polar surface area (TPSA) is 17.1 Å². The maximum Gasteiger partial charge on any atom is 0.168 e. The van der Waals surface area contributed by atoms with E-state index in [2.05, 4.69) is 19.9 Å². The second kappa shape index (κ2) is 9.15. The molecule has 0 saturated heterocycles. The Morgan fingerprint density at radius 1 is 1.12 bits per heavy atom. The quantitative estimate of drug-likeness (QED) is 0.490. The van der Waals surface area contributed by atoms with Gasteiger partial charge in [-0.05, 0) is 48.4 Å². The van der Waals surface area contributed by atoms with Crippen LogP contribution in [0.3, 0.4) is 0 Å². The molecule has 0 fully saturated rings. The number of allylic oxidation sites excluding steroid dienone is 2. The maximum absolute atomic E-state index is 13.9. The maximum atomic E-state index is 13.9. The van der Waals surface area contributed by atoms with Crippen LogP contribution in [0.15, 0.2) is 24.3 Å². The van der Waals surface area contributed by atoms with Crippen LogP contribution in [0.4, 0.5) is 4.39 Å². The van der Waals surface area contributed by atoms with Gasteiger partial charge in [-0.3, -0.25) is 4.79 Å². The SMILES string of the molecule is CCCC(/C=C(/C(=O)C(C)(C)C)c1ccc(F)c(CC)c1)CCC. The summed E-state index contributed by atoms with van der Waals surface area (Å²) < 4.78 is 13.9. The molecule has 1 nitrogen and oxygen atoms in total. The molecule has 0 saturated carbocycles. The van der Waals surface area contributed by atoms with Crippen molar-refractivity contribution in [3.8, 4) is 0 Å². The standard InChI is InChI=1S/C22H33FO/c1-7-10-16(11-8-2)14-19(21(24)22(4,5)6)18-12-13-20(23)17(9-3)15-18/h12-16H,7-11H2,1-6H3/b19-14+. The Labute approximate surface area is 147 Å². The Kier molecular flexibility index (Phi) is 7.86. The van der Waals surface area contributed by atoms with Gasteiger partial charge in [0.15, 0.2) is 5.78 Å². The number of ketones is 1. The monoisotopic (exact) mass is 332 g/mol. The van der Waals surface area contributed by atoms with Crippen LogP contribution in [0.2, 0.25) is 0 Å². The van der Waals surface area contributed by atoms with Crippen LogP contribution in [0.5, 0.6) is 0 Å². The van der Waals surface area contributed by atoms with E-state index in [9.17, 15) is 9.18 Å². The van der Waals surface area contributed by atoms with Crippen LogP contribution in [0.1, 0.15) is 78.4 Å². The van der Waals surface area contributed by atoms with Gasteiger partial charge in [0.25, 0.3) is 0 Å². The van der Waals surface area contributed by atoms with Gasteiger partial charge in [-0.15, -0.1) is 0 Å². The van der Waals surface area contributed by atoms with Crippen LogP contribution in [-0.2, 0) is 11.2 Å². The van der Waals surface area contributed by atoms with Crippen molar-refractivity contribution in [3.63, 3.8) is 0 Å². The lowest BCUT2D eigenvalue weighted by molar-refractivity contribution is -0.120. The highest BCUT2D eigenvalue weighted by Crippen LogP contribution is 2.31. The number of Topliss-reactive ketones (excluding diaryl/α,β-unsaturated/α-hetero) is 1. The Bertz CT molecular complexity index is 572. The molecular formula is C22H33FO. The van der Waals surface area contributed by atoms with E-state index in [1.54, 1.807) is 6.07 Å². The first-order valence-corrected chi connectivity index (χ1v) is 9.29. The molecule has 1 rings (SSSR count). The smallest absolute Gasteiger partial charge is 0.168 e. The predicted molar refractivity (Wildman–Crippen MR) is 102 cm³/mol. The first kappa shape index (κ1) is 20.6. The molecular weight excluding hydrogens is 299 g/mol. The zero-order valence-electron chi connectivity index (χ0n) is 16.2. The fraction of sp³-hybridized carbons (Fsp3) is 0.591. The number of halogens is 1. The molecule has 0 heterocycles. The fourth-order valence-electron chi connectivity index (χ4n) is 3.01. The minimum Gasteiger partial charge on any atom is -0.294 e. The minimum absolute atomic E-state index is 0.133. The summed E-state index contributed by atoms with van der Waals surface area (Å²) in [5.41, 5.74) is 1.83. The van der Waals surface area contributed by atoms with Crippen LogP contribution >= 0.6 is 0 Å². The molecule has 0 aliphatic heterocycles. The molecule has 1 aromatic rings. The third-order valence-corrected chi connectivity index (χ3v) is 4.38. The predicted octanol–water partition coefficient (Wildman–Crippen LogP) is 6.60. The fourth-order valence-corrected chi connectivity index (χ4v) is 3.01. The van der Waals surface area contributed by atoms with Crippen molar-refractivity contribution >= 4 is 11.4 Å². The second-order valence-corrected chi connectivity index (χ2v) is 7.66. The number of hydrogen-bond acceptors (Lipinski definition) is 1. The van der Waals surface area contributed by atoms with E-state index >= 15 is 0 Å². The van der Waals surface area contributed by atoms with Gasteiger partial charge >= 0.3 is 0 Å². The zero-order chi connectivity index (χ0) is 18.3. The lowest BCUT2D eigenvalue weighted by Gasteiger charge is -2.22. The van der Waals surface area contributed by atoms with E-state index < -0.39 is 5.41 Å². The highest BCUT2D eigenvalue weighted by atomic mass is 19.1. The van der Waals surface area contributed by atoms with E-state index in [4.69, 9.17) is 0 Å². The third kappa shape index (κ3) is 5.58. The van der Waals surface area contributed by atoms with Crippen molar-refractivity contribution < 1.29 is 9.18 Å². The molecule has 0 aliphatic carbocycles. The van der Waals surface area contributed by atoms with E-state index in [0.717, 1.165) is 36.8 Å². The molecule has 24 heavy (non-hydrogen) atoms. The van der Waals surface area contributed by atoms with Crippen molar-refractivity contribution in [1.29, 1.82) is 0 Å². The summed E-state index contributed by atoms with van der Waals surface area (Å²) in [6.07, 6.45) is 7.13. The number of hydrogen-bond donors (Lipinski definition) is 0. The molecule has 1 aromatic carbocycles. The van der Waals surface area contributed by atoms with E-state index in [0.29, 0.717) is 17.9 Å². The molecule has 0 atom stereocenters. The first-order chi connectivity index (χ1) is 11.2. The Morgan fingerprint density at radius 2 is 1.71 bits per heavy atom. The van der Waals surface area contributed by atoms with E-state index in [1.165, 1.54) is 6.07 Å². The average molecular weight is 333 g/mol. The van der Waals surface area contributed by atoms with Gasteiger partial charge in [0.1, 0.15) is 5.82 Å². The lowest BCUT2D eigenvalue weighted by atomic mass is 9.81. The Hall–Kier alpha value is -1.44. The van der Waals surface area contributed by atoms with Crippen molar-refractivity contribution in [2.24, 2.45) is 11.3 Å². The van der Waals surface area contributed by atoms with Gasteiger partial charge in [-0.1, -0.05) is 66.5 Å². The van der Waals surface area contributed by atoms with Gasteiger partial charge in [0.2, 0.25) is 0 Å². The van der Waals surface area contributed by atoms with Crippen LogP contribution < -0.4 is 0 Å². The summed E-state index contributed by atoms with van der Waals surface area (Å²) in [6, 6.07) is 5.09. The van der Waals surface area contributed by atoms with Crippen LogP contribution in [-0.4, -0.2) is 5.78 Å². The lowest BCUT2D eigenvalue weighted by Crippen LogP contribution is -2.22. The largest absolute Gasteiger partial charge is 0.294 e. The van der Waals surface area contributed by atoms with Crippen molar-refractivity contribution in [2.75, 3.05) is 0 Å². The van der Waals surface area contributed by atoms with E-state index in [-0.39, 0.29) is 11.6 Å². The molecule has 0 bridgehead atoms. The Morgan fingerprint density at radius 3 is 2.17 bits per heavy atom. The number of aryl methyl sites for hydroxylation is 1. The van der Waals surface area contributed by atoms with Crippen LogP contribution in [0, 0.1) is 17.2 Å². The summed E-state index contributed by atoms with van der Waals surface area (Å²) in [5, 5.41) is 0. The summed E-state index contributed by atoms with van der Waals surface area (Å²) in [6.45, 7) is 12.1. The minimum atomic E-state index is -0.449. The molecule has 0 radical (unpaired) electrons. The molecule has 0 spiro atoms. The van der Waals surface area contributed by atoms with Gasteiger partial charge in [0.05, 0.1) is 0 Å². The normalized spacial score (nSPS) is 12.8. The van der Waals surface area contributed by atoms with Crippen LogP contribution in [0.25, 0.3) is 5.57 Å². The number of carbonyl (C=O) groups is 1. The zero-order valence-corrected chi connectivity index (χ0v) is 16.2. The van der Waals surface area contributed by atoms with Crippen molar-refractivity contribution in [3.05, 3.63) is 41.2 Å². The third-order valence-electron chi connectivity index (χ3n) is 4.38. The number of rotatable bonds is 8. The van der Waals surface area contributed by atoms with Crippen molar-refractivity contribution in [1.82, 2.24) is 0 Å². The van der Waals surface area contributed by atoms with Gasteiger partial charge in [-0.25, -0.2) is 4.39 Å². The van der Waals surface area contributed by atoms with Crippen molar-refractivity contribution in [2.45, 2.75) is 73.6 Å². The highest BCUT2D eigenvalue weighted by molar-refractivity contribution is 6.23.